The molecule has 0 bridgehead atoms. The summed E-state index contributed by atoms with van der Waals surface area (Å²) in [6.45, 7) is 5.63. The third kappa shape index (κ3) is 2.82. The Morgan fingerprint density at radius 2 is 1.62 bits per heavy atom. The van der Waals surface area contributed by atoms with Gasteiger partial charge in [-0.25, -0.2) is 0 Å². The van der Waals surface area contributed by atoms with Gasteiger partial charge in [0.15, 0.2) is 0 Å². The number of ether oxygens (including phenoxy) is 2. The lowest BCUT2D eigenvalue weighted by atomic mass is 9.77. The van der Waals surface area contributed by atoms with Crippen LogP contribution in [-0.2, 0) is 11.2 Å². The van der Waals surface area contributed by atoms with Crippen LogP contribution in [-0.4, -0.2) is 12.2 Å². The molecule has 2 aliphatic rings. The van der Waals surface area contributed by atoms with Gasteiger partial charge in [0.2, 0.25) is 0 Å². The maximum Gasteiger partial charge on any atom is 0.127 e. The van der Waals surface area contributed by atoms with Gasteiger partial charge in [0, 0.05) is 5.02 Å². The zero-order valence-electron chi connectivity index (χ0n) is 14.2. The van der Waals surface area contributed by atoms with Crippen molar-refractivity contribution in [3.05, 3.63) is 59.1 Å². The first kappa shape index (κ1) is 16.0. The SMILES string of the molecule is CC1(C)CCC(Cc2ccc(Oc3ccc(Cl)cc3)cc2)C12CO2. The van der Waals surface area contributed by atoms with Gasteiger partial charge in [0.1, 0.15) is 11.5 Å². The first-order valence-corrected chi connectivity index (χ1v) is 9.03. The molecule has 2 aromatic rings. The van der Waals surface area contributed by atoms with E-state index in [1.807, 2.05) is 36.4 Å². The molecule has 1 aliphatic heterocycles. The molecule has 1 heterocycles. The van der Waals surface area contributed by atoms with Gasteiger partial charge in [0.05, 0.1) is 12.2 Å². The highest BCUT2D eigenvalue weighted by molar-refractivity contribution is 6.30. The van der Waals surface area contributed by atoms with E-state index in [1.165, 1.54) is 18.4 Å². The highest BCUT2D eigenvalue weighted by Crippen LogP contribution is 2.59. The fourth-order valence-corrected chi connectivity index (χ4v) is 4.25. The largest absolute Gasteiger partial charge is 0.457 e. The van der Waals surface area contributed by atoms with E-state index in [1.54, 1.807) is 0 Å². The molecule has 2 unspecified atom stereocenters. The highest BCUT2D eigenvalue weighted by Gasteiger charge is 2.64. The van der Waals surface area contributed by atoms with Gasteiger partial charge < -0.3 is 9.47 Å². The number of hydrogen-bond acceptors (Lipinski definition) is 2. The van der Waals surface area contributed by atoms with Gasteiger partial charge in [-0.05, 0) is 72.6 Å². The normalized spacial score (nSPS) is 27.4. The highest BCUT2D eigenvalue weighted by atomic mass is 35.5. The van der Waals surface area contributed by atoms with Crippen molar-refractivity contribution in [3.8, 4) is 11.5 Å². The Morgan fingerprint density at radius 3 is 2.21 bits per heavy atom. The Labute approximate surface area is 148 Å². The summed E-state index contributed by atoms with van der Waals surface area (Å²) < 4.78 is 11.8. The van der Waals surface area contributed by atoms with Crippen molar-refractivity contribution in [1.82, 2.24) is 0 Å². The Hall–Kier alpha value is -1.51. The van der Waals surface area contributed by atoms with E-state index in [0.29, 0.717) is 16.4 Å². The number of rotatable bonds is 4. The van der Waals surface area contributed by atoms with Crippen molar-refractivity contribution in [3.63, 3.8) is 0 Å². The fraction of sp³-hybridized carbons (Fsp3) is 0.429. The van der Waals surface area contributed by atoms with Crippen molar-refractivity contribution in [1.29, 1.82) is 0 Å². The molecule has 2 aromatic carbocycles. The molecule has 1 saturated heterocycles. The molecule has 1 spiro atoms. The van der Waals surface area contributed by atoms with Gasteiger partial charge in [-0.1, -0.05) is 37.6 Å². The Morgan fingerprint density at radius 1 is 1.04 bits per heavy atom. The summed E-state index contributed by atoms with van der Waals surface area (Å²) in [6.07, 6.45) is 3.61. The first-order chi connectivity index (χ1) is 11.5. The minimum atomic E-state index is 0.130. The van der Waals surface area contributed by atoms with Gasteiger partial charge in [-0.3, -0.25) is 0 Å². The summed E-state index contributed by atoms with van der Waals surface area (Å²) in [4.78, 5) is 0. The van der Waals surface area contributed by atoms with Crippen LogP contribution in [0.5, 0.6) is 11.5 Å². The van der Waals surface area contributed by atoms with Crippen molar-refractivity contribution in [2.45, 2.75) is 38.7 Å². The van der Waals surface area contributed by atoms with Crippen molar-refractivity contribution in [2.24, 2.45) is 11.3 Å². The second-order valence-electron chi connectivity index (χ2n) is 7.70. The molecule has 24 heavy (non-hydrogen) atoms. The summed E-state index contributed by atoms with van der Waals surface area (Å²) in [5.74, 6) is 2.29. The molecule has 4 rings (SSSR count). The smallest absolute Gasteiger partial charge is 0.127 e. The molecule has 3 heteroatoms. The predicted molar refractivity (Wildman–Crippen MR) is 96.9 cm³/mol. The minimum absolute atomic E-state index is 0.130. The molecule has 126 valence electrons. The molecule has 2 fully saturated rings. The van der Waals surface area contributed by atoms with Crippen LogP contribution in [0.25, 0.3) is 0 Å². The minimum Gasteiger partial charge on any atom is -0.457 e. The number of epoxide rings is 1. The van der Waals surface area contributed by atoms with Gasteiger partial charge in [0.25, 0.3) is 0 Å². The summed E-state index contributed by atoms with van der Waals surface area (Å²) >= 11 is 5.90. The second kappa shape index (κ2) is 5.79. The van der Waals surface area contributed by atoms with Crippen LogP contribution < -0.4 is 4.74 Å². The molecular weight excluding hydrogens is 320 g/mol. The molecule has 0 N–H and O–H groups in total. The van der Waals surface area contributed by atoms with E-state index in [0.717, 1.165) is 24.5 Å². The summed E-state index contributed by atoms with van der Waals surface area (Å²) in [5.41, 5.74) is 1.80. The molecule has 1 saturated carbocycles. The van der Waals surface area contributed by atoms with Crippen LogP contribution in [0.1, 0.15) is 32.3 Å². The van der Waals surface area contributed by atoms with Crippen molar-refractivity contribution in [2.75, 3.05) is 6.61 Å². The van der Waals surface area contributed by atoms with E-state index in [9.17, 15) is 0 Å². The number of halogens is 1. The third-order valence-corrected chi connectivity index (χ3v) is 6.08. The van der Waals surface area contributed by atoms with Crippen LogP contribution in [0.4, 0.5) is 0 Å². The standard InChI is InChI=1S/C21H23ClO2/c1-20(2)12-11-16(21(20)14-23-21)13-15-3-7-18(8-4-15)24-19-9-5-17(22)6-10-19/h3-10,16H,11-14H2,1-2H3. The zero-order chi connectivity index (χ0) is 16.8. The second-order valence-corrected chi connectivity index (χ2v) is 8.14. The zero-order valence-corrected chi connectivity index (χ0v) is 15.0. The lowest BCUT2D eigenvalue weighted by Crippen LogP contribution is -2.33. The topological polar surface area (TPSA) is 21.8 Å². The third-order valence-electron chi connectivity index (χ3n) is 5.83. The van der Waals surface area contributed by atoms with Crippen LogP contribution >= 0.6 is 11.6 Å². The van der Waals surface area contributed by atoms with Crippen molar-refractivity contribution < 1.29 is 9.47 Å². The van der Waals surface area contributed by atoms with Crippen molar-refractivity contribution >= 4 is 11.6 Å². The van der Waals surface area contributed by atoms with E-state index in [-0.39, 0.29) is 5.60 Å². The summed E-state index contributed by atoms with van der Waals surface area (Å²) in [7, 11) is 0. The van der Waals surface area contributed by atoms with E-state index in [4.69, 9.17) is 21.1 Å². The molecule has 0 radical (unpaired) electrons. The average Bonchev–Trinajstić information content (AvgIpc) is 3.33. The quantitative estimate of drug-likeness (QED) is 0.647. The predicted octanol–water partition coefficient (Wildman–Crippen LogP) is 5.88. The molecule has 2 nitrogen and oxygen atoms in total. The Kier molecular flexibility index (Phi) is 3.85. The molecule has 0 amide bonds. The Balaban J connectivity index is 1.42. The van der Waals surface area contributed by atoms with Crippen LogP contribution in [0.3, 0.4) is 0 Å². The maximum atomic E-state index is 5.93. The van der Waals surface area contributed by atoms with Crippen LogP contribution in [0.15, 0.2) is 48.5 Å². The molecular formula is C21H23ClO2. The van der Waals surface area contributed by atoms with Crippen LogP contribution in [0.2, 0.25) is 5.02 Å². The van der Waals surface area contributed by atoms with Gasteiger partial charge in [-0.2, -0.15) is 0 Å². The molecule has 0 aromatic heterocycles. The number of hydrogen-bond donors (Lipinski definition) is 0. The van der Waals surface area contributed by atoms with E-state index in [2.05, 4.69) is 26.0 Å². The van der Waals surface area contributed by atoms with E-state index < -0.39 is 0 Å². The summed E-state index contributed by atoms with van der Waals surface area (Å²) in [5, 5.41) is 0.716. The monoisotopic (exact) mass is 342 g/mol. The van der Waals surface area contributed by atoms with Crippen LogP contribution in [0, 0.1) is 11.3 Å². The fourth-order valence-electron chi connectivity index (χ4n) is 4.12. The Bertz CT molecular complexity index is 715. The molecule has 1 aliphatic carbocycles. The number of benzene rings is 2. The maximum absolute atomic E-state index is 5.93. The van der Waals surface area contributed by atoms with Gasteiger partial charge in [-0.15, -0.1) is 0 Å². The van der Waals surface area contributed by atoms with Gasteiger partial charge >= 0.3 is 0 Å². The first-order valence-electron chi connectivity index (χ1n) is 8.65. The molecule has 2 atom stereocenters. The lowest BCUT2D eigenvalue weighted by Gasteiger charge is -2.27. The average molecular weight is 343 g/mol. The summed E-state index contributed by atoms with van der Waals surface area (Å²) in [6, 6.07) is 15.9. The lowest BCUT2D eigenvalue weighted by molar-refractivity contribution is 0.136. The van der Waals surface area contributed by atoms with E-state index >= 15 is 0 Å².